The molecule has 1 aliphatic heterocycles. The van der Waals surface area contributed by atoms with Crippen LogP contribution in [0.5, 0.6) is 0 Å². The van der Waals surface area contributed by atoms with Gasteiger partial charge in [0.1, 0.15) is 5.78 Å². The van der Waals surface area contributed by atoms with Gasteiger partial charge < -0.3 is 0 Å². The zero-order valence-corrected chi connectivity index (χ0v) is 7.10. The average molecular weight is 153 g/mol. The Morgan fingerprint density at radius 1 is 1.45 bits per heavy atom. The van der Waals surface area contributed by atoms with Gasteiger partial charge in [0.25, 0.3) is 0 Å². The molecule has 0 atom stereocenters. The van der Waals surface area contributed by atoms with E-state index in [-0.39, 0.29) is 0 Å². The second-order valence-corrected chi connectivity index (χ2v) is 4.16. The molecule has 0 aromatic carbocycles. The van der Waals surface area contributed by atoms with Crippen LogP contribution in [0.2, 0.25) is 0 Å². The van der Waals surface area contributed by atoms with Crippen LogP contribution < -0.4 is 0 Å². The Bertz CT molecular complexity index is 184. The Hall–Kier alpha value is -0.370. The molecule has 2 nitrogen and oxygen atoms in total. The fraction of sp³-hybridized carbons (Fsp3) is 0.889. The monoisotopic (exact) mass is 153 g/mol. The molecule has 0 bridgehead atoms. The number of carbonyl (C=O) groups is 1. The van der Waals surface area contributed by atoms with Gasteiger partial charge in [-0.15, -0.1) is 0 Å². The van der Waals surface area contributed by atoms with Crippen LogP contribution in [0.3, 0.4) is 0 Å². The van der Waals surface area contributed by atoms with E-state index in [0.29, 0.717) is 17.7 Å². The number of Topliss-reactive ketones (excluding diaryl/α,β-unsaturated/α-hetero) is 1. The Balaban J connectivity index is 1.85. The molecule has 0 amide bonds. The molecule has 0 N–H and O–H groups in total. The first kappa shape index (κ1) is 7.29. The van der Waals surface area contributed by atoms with Gasteiger partial charge in [-0.2, -0.15) is 0 Å². The molecule has 1 spiro atoms. The van der Waals surface area contributed by atoms with Crippen molar-refractivity contribution in [3.8, 4) is 0 Å². The smallest absolute Gasteiger partial charge is 0.143 e. The van der Waals surface area contributed by atoms with E-state index in [4.69, 9.17) is 0 Å². The second kappa shape index (κ2) is 2.31. The quantitative estimate of drug-likeness (QED) is 0.591. The van der Waals surface area contributed by atoms with Crippen molar-refractivity contribution in [2.24, 2.45) is 5.41 Å². The first-order valence-electron chi connectivity index (χ1n) is 4.42. The Morgan fingerprint density at radius 2 is 2.18 bits per heavy atom. The van der Waals surface area contributed by atoms with Crippen molar-refractivity contribution >= 4 is 5.78 Å². The lowest BCUT2D eigenvalue weighted by Crippen LogP contribution is -2.26. The van der Waals surface area contributed by atoms with Crippen LogP contribution in [0.1, 0.15) is 26.2 Å². The van der Waals surface area contributed by atoms with Gasteiger partial charge in [0.15, 0.2) is 0 Å². The highest BCUT2D eigenvalue weighted by atomic mass is 16.1. The highest BCUT2D eigenvalue weighted by molar-refractivity contribution is 5.77. The van der Waals surface area contributed by atoms with Gasteiger partial charge in [0.05, 0.1) is 6.54 Å². The van der Waals surface area contributed by atoms with E-state index >= 15 is 0 Å². The van der Waals surface area contributed by atoms with E-state index in [0.717, 1.165) is 6.54 Å². The van der Waals surface area contributed by atoms with Crippen molar-refractivity contribution in [1.29, 1.82) is 0 Å². The number of rotatable bonds is 2. The summed E-state index contributed by atoms with van der Waals surface area (Å²) in [6.45, 7) is 4.70. The van der Waals surface area contributed by atoms with E-state index in [1.165, 1.54) is 25.8 Å². The average Bonchev–Trinajstić information content (AvgIpc) is 2.51. The summed E-state index contributed by atoms with van der Waals surface area (Å²) >= 11 is 0. The molecule has 1 aliphatic carbocycles. The highest BCUT2D eigenvalue weighted by Gasteiger charge is 2.47. The third-order valence-corrected chi connectivity index (χ3v) is 2.92. The van der Waals surface area contributed by atoms with Crippen LogP contribution in [-0.2, 0) is 4.79 Å². The molecule has 0 aromatic heterocycles. The van der Waals surface area contributed by atoms with E-state index in [9.17, 15) is 4.79 Å². The van der Waals surface area contributed by atoms with Crippen molar-refractivity contribution in [1.82, 2.24) is 4.90 Å². The van der Waals surface area contributed by atoms with Gasteiger partial charge in [-0.25, -0.2) is 0 Å². The van der Waals surface area contributed by atoms with Crippen LogP contribution in [0.4, 0.5) is 0 Å². The molecule has 2 aliphatic rings. The summed E-state index contributed by atoms with van der Waals surface area (Å²) in [5.74, 6) is 0.308. The standard InChI is InChI=1S/C9H15NO/c1-8(11)6-10-5-4-9(7-10)2-3-9/h2-7H2,1H3. The zero-order valence-electron chi connectivity index (χ0n) is 7.10. The summed E-state index contributed by atoms with van der Waals surface area (Å²) in [4.78, 5) is 13.1. The van der Waals surface area contributed by atoms with Gasteiger partial charge in [0.2, 0.25) is 0 Å². The maximum Gasteiger partial charge on any atom is 0.143 e. The maximum atomic E-state index is 10.8. The molecule has 62 valence electrons. The normalized spacial score (nSPS) is 27.7. The minimum Gasteiger partial charge on any atom is -0.299 e. The second-order valence-electron chi connectivity index (χ2n) is 4.16. The van der Waals surface area contributed by atoms with Gasteiger partial charge >= 0.3 is 0 Å². The third-order valence-electron chi connectivity index (χ3n) is 2.92. The molecule has 0 radical (unpaired) electrons. The molecule has 1 saturated carbocycles. The number of hydrogen-bond acceptors (Lipinski definition) is 2. The van der Waals surface area contributed by atoms with Crippen molar-refractivity contribution < 1.29 is 4.79 Å². The summed E-state index contributed by atoms with van der Waals surface area (Å²) in [7, 11) is 0. The lowest BCUT2D eigenvalue weighted by Gasteiger charge is -2.12. The van der Waals surface area contributed by atoms with Crippen LogP contribution >= 0.6 is 0 Å². The lowest BCUT2D eigenvalue weighted by atomic mass is 10.1. The van der Waals surface area contributed by atoms with E-state index in [1.807, 2.05) is 0 Å². The summed E-state index contributed by atoms with van der Waals surface area (Å²) in [6.07, 6.45) is 4.14. The molecule has 2 heteroatoms. The van der Waals surface area contributed by atoms with Crippen LogP contribution in [0, 0.1) is 5.41 Å². The van der Waals surface area contributed by atoms with Crippen LogP contribution in [0.25, 0.3) is 0 Å². The molecular weight excluding hydrogens is 138 g/mol. The fourth-order valence-corrected chi connectivity index (χ4v) is 2.06. The fourth-order valence-electron chi connectivity index (χ4n) is 2.06. The maximum absolute atomic E-state index is 10.8. The lowest BCUT2D eigenvalue weighted by molar-refractivity contribution is -0.117. The molecule has 0 unspecified atom stereocenters. The predicted octanol–water partition coefficient (Wildman–Crippen LogP) is 1.06. The molecular formula is C9H15NO. The van der Waals surface area contributed by atoms with Crippen molar-refractivity contribution in [3.63, 3.8) is 0 Å². The molecule has 2 fully saturated rings. The van der Waals surface area contributed by atoms with Crippen molar-refractivity contribution in [2.45, 2.75) is 26.2 Å². The van der Waals surface area contributed by atoms with Gasteiger partial charge in [-0.1, -0.05) is 0 Å². The Labute approximate surface area is 67.6 Å². The topological polar surface area (TPSA) is 20.3 Å². The molecule has 1 heterocycles. The number of carbonyl (C=O) groups excluding carboxylic acids is 1. The molecule has 1 saturated heterocycles. The Morgan fingerprint density at radius 3 is 2.64 bits per heavy atom. The number of likely N-dealkylation sites (tertiary alicyclic amines) is 1. The summed E-state index contributed by atoms with van der Waals surface area (Å²) in [6, 6.07) is 0. The van der Waals surface area contributed by atoms with Crippen LogP contribution in [0.15, 0.2) is 0 Å². The number of ketones is 1. The van der Waals surface area contributed by atoms with Crippen LogP contribution in [-0.4, -0.2) is 30.3 Å². The number of nitrogens with zero attached hydrogens (tertiary/aromatic N) is 1. The molecule has 0 aromatic rings. The summed E-state index contributed by atoms with van der Waals surface area (Å²) < 4.78 is 0. The third kappa shape index (κ3) is 1.45. The Kier molecular flexibility index (Phi) is 1.53. The SMILES string of the molecule is CC(=O)CN1CCC2(CC2)C1. The van der Waals surface area contributed by atoms with Crippen molar-refractivity contribution in [3.05, 3.63) is 0 Å². The minimum atomic E-state index is 0.308. The predicted molar refractivity (Wildman–Crippen MR) is 43.4 cm³/mol. The van der Waals surface area contributed by atoms with E-state index in [2.05, 4.69) is 4.90 Å². The van der Waals surface area contributed by atoms with E-state index in [1.54, 1.807) is 6.92 Å². The van der Waals surface area contributed by atoms with Gasteiger partial charge in [-0.05, 0) is 38.1 Å². The summed E-state index contributed by atoms with van der Waals surface area (Å²) in [5, 5.41) is 0. The van der Waals surface area contributed by atoms with E-state index < -0.39 is 0 Å². The number of hydrogen-bond donors (Lipinski definition) is 0. The first-order chi connectivity index (χ1) is 5.20. The first-order valence-corrected chi connectivity index (χ1v) is 4.42. The molecule has 11 heavy (non-hydrogen) atoms. The summed E-state index contributed by atoms with van der Waals surface area (Å²) in [5.41, 5.74) is 0.676. The highest BCUT2D eigenvalue weighted by Crippen LogP contribution is 2.52. The largest absolute Gasteiger partial charge is 0.299 e. The van der Waals surface area contributed by atoms with Gasteiger partial charge in [0, 0.05) is 6.54 Å². The van der Waals surface area contributed by atoms with Crippen molar-refractivity contribution in [2.75, 3.05) is 19.6 Å². The van der Waals surface area contributed by atoms with Gasteiger partial charge in [-0.3, -0.25) is 9.69 Å². The minimum absolute atomic E-state index is 0.308. The zero-order chi connectivity index (χ0) is 7.90. The molecule has 2 rings (SSSR count).